The Morgan fingerprint density at radius 2 is 2.00 bits per heavy atom. The molecule has 8 atom stereocenters. The second-order valence-corrected chi connectivity index (χ2v) is 9.92. The third kappa shape index (κ3) is 2.80. The molecule has 0 aromatic rings. The summed E-state index contributed by atoms with van der Waals surface area (Å²) in [5.74, 6) is -0.584. The van der Waals surface area contributed by atoms with Gasteiger partial charge in [-0.15, -0.1) is 0 Å². The lowest BCUT2D eigenvalue weighted by molar-refractivity contribution is -0.239. The normalized spacial score (nSPS) is 46.4. The number of aliphatic hydroxyl groups excluding tert-OH is 2. The molecule has 2 aliphatic carbocycles. The van der Waals surface area contributed by atoms with Crippen molar-refractivity contribution in [2.24, 2.45) is 16.7 Å². The van der Waals surface area contributed by atoms with Gasteiger partial charge in [0.1, 0.15) is 30.5 Å². The summed E-state index contributed by atoms with van der Waals surface area (Å²) in [5, 5.41) is 21.9. The van der Waals surface area contributed by atoms with Crippen molar-refractivity contribution in [1.82, 2.24) is 0 Å². The van der Waals surface area contributed by atoms with Crippen LogP contribution in [-0.4, -0.2) is 71.5 Å². The predicted molar refractivity (Wildman–Crippen MR) is 104 cm³/mol. The zero-order chi connectivity index (χ0) is 22.1. The number of fused-ring (bicyclic) bond motifs is 2. The highest BCUT2D eigenvalue weighted by Crippen LogP contribution is 2.71. The summed E-state index contributed by atoms with van der Waals surface area (Å²) in [6.07, 6.45) is -1.50. The smallest absolute Gasteiger partial charge is 0.306 e. The number of aliphatic hydroxyl groups is 2. The van der Waals surface area contributed by atoms with E-state index in [0.29, 0.717) is 19.4 Å². The molecule has 1 saturated carbocycles. The Bertz CT molecular complexity index is 771. The number of epoxide rings is 1. The molecule has 168 valence electrons. The number of hydrogen-bond donors (Lipinski definition) is 2. The summed E-state index contributed by atoms with van der Waals surface area (Å²) in [4.78, 5) is 24.1. The predicted octanol–water partition coefficient (Wildman–Crippen LogP) is 1.12. The van der Waals surface area contributed by atoms with Gasteiger partial charge in [-0.1, -0.05) is 26.8 Å². The summed E-state index contributed by atoms with van der Waals surface area (Å²) < 4.78 is 23.4. The topological polar surface area (TPSA) is 115 Å². The van der Waals surface area contributed by atoms with E-state index in [2.05, 4.69) is 0 Å². The molecule has 0 radical (unpaired) electrons. The zero-order valence-corrected chi connectivity index (χ0v) is 18.2. The number of carbonyl (C=O) groups is 2. The van der Waals surface area contributed by atoms with Gasteiger partial charge in [0.2, 0.25) is 0 Å². The molecule has 0 amide bonds. The lowest BCUT2D eigenvalue weighted by atomic mass is 9.51. The van der Waals surface area contributed by atoms with E-state index in [1.54, 1.807) is 0 Å². The quantitative estimate of drug-likeness (QED) is 0.383. The van der Waals surface area contributed by atoms with Gasteiger partial charge in [0.25, 0.3) is 0 Å². The maximum Gasteiger partial charge on any atom is 0.306 e. The minimum atomic E-state index is -1.13. The van der Waals surface area contributed by atoms with E-state index in [9.17, 15) is 19.8 Å². The van der Waals surface area contributed by atoms with Crippen molar-refractivity contribution >= 4 is 11.9 Å². The Morgan fingerprint density at radius 3 is 2.57 bits per heavy atom. The van der Waals surface area contributed by atoms with Gasteiger partial charge in [-0.25, -0.2) is 0 Å². The third-order valence-electron chi connectivity index (χ3n) is 7.74. The van der Waals surface area contributed by atoms with Crippen LogP contribution in [0, 0.1) is 16.7 Å². The lowest BCUT2D eigenvalue weighted by Gasteiger charge is -2.58. The van der Waals surface area contributed by atoms with Crippen molar-refractivity contribution in [3.05, 3.63) is 11.6 Å². The van der Waals surface area contributed by atoms with Crippen LogP contribution in [0.3, 0.4) is 0 Å². The molecule has 0 aromatic heterocycles. The molecule has 1 spiro atoms. The molecule has 4 rings (SSSR count). The molecule has 0 unspecified atom stereocenters. The van der Waals surface area contributed by atoms with Crippen molar-refractivity contribution in [3.63, 3.8) is 0 Å². The van der Waals surface area contributed by atoms with Crippen molar-refractivity contribution < 1.29 is 38.7 Å². The average molecular weight is 424 g/mol. The summed E-state index contributed by atoms with van der Waals surface area (Å²) in [6.45, 7) is 9.28. The molecule has 8 nitrogen and oxygen atoms in total. The van der Waals surface area contributed by atoms with Crippen molar-refractivity contribution in [2.75, 3.05) is 13.2 Å². The van der Waals surface area contributed by atoms with Crippen LogP contribution in [0.5, 0.6) is 0 Å². The van der Waals surface area contributed by atoms with Crippen LogP contribution in [-0.2, 0) is 28.5 Å². The first kappa shape index (κ1) is 21.7. The summed E-state index contributed by atoms with van der Waals surface area (Å²) in [5.41, 5.74) is -1.89. The number of rotatable bonds is 5. The molecule has 2 heterocycles. The number of ether oxygens (including phenoxy) is 4. The van der Waals surface area contributed by atoms with Crippen molar-refractivity contribution in [2.45, 2.75) is 83.6 Å². The van der Waals surface area contributed by atoms with Gasteiger partial charge < -0.3 is 29.2 Å². The molecule has 4 aliphatic rings. The molecule has 2 aliphatic heterocycles. The van der Waals surface area contributed by atoms with Crippen LogP contribution in [0.2, 0.25) is 0 Å². The van der Waals surface area contributed by atoms with E-state index in [-0.39, 0.29) is 18.5 Å². The lowest BCUT2D eigenvalue weighted by Crippen LogP contribution is -2.67. The summed E-state index contributed by atoms with van der Waals surface area (Å²) in [6, 6.07) is 0. The monoisotopic (exact) mass is 424 g/mol. The Kier molecular flexibility index (Phi) is 5.09. The Labute approximate surface area is 176 Å². The second kappa shape index (κ2) is 7.02. The summed E-state index contributed by atoms with van der Waals surface area (Å²) >= 11 is 0. The number of esters is 2. The third-order valence-corrected chi connectivity index (χ3v) is 7.74. The SMILES string of the molecule is CC(=O)OC[C@@]12C[C@H](OC(=O)CC(C)C)C(C)=C[C@@H]1O[C@H]1[C@@H](O)[C@H](O)[C@]2(C)[C@]12CO2. The second-order valence-electron chi connectivity index (χ2n) is 9.92. The molecular formula is C22H32O8. The van der Waals surface area contributed by atoms with E-state index in [1.165, 1.54) is 6.92 Å². The minimum absolute atomic E-state index is 0.0346. The summed E-state index contributed by atoms with van der Waals surface area (Å²) in [7, 11) is 0. The Balaban J connectivity index is 1.75. The number of hydrogen-bond acceptors (Lipinski definition) is 8. The van der Waals surface area contributed by atoms with Gasteiger partial charge in [-0.05, 0) is 18.4 Å². The highest BCUT2D eigenvalue weighted by molar-refractivity contribution is 5.70. The van der Waals surface area contributed by atoms with Crippen LogP contribution in [0.25, 0.3) is 0 Å². The van der Waals surface area contributed by atoms with Crippen LogP contribution < -0.4 is 0 Å². The van der Waals surface area contributed by atoms with Gasteiger partial charge in [0.15, 0.2) is 0 Å². The molecule has 2 bridgehead atoms. The maximum atomic E-state index is 12.4. The van der Waals surface area contributed by atoms with E-state index in [1.807, 2.05) is 33.8 Å². The molecule has 8 heteroatoms. The fourth-order valence-corrected chi connectivity index (χ4v) is 5.92. The molecule has 2 saturated heterocycles. The molecular weight excluding hydrogens is 392 g/mol. The van der Waals surface area contributed by atoms with Crippen molar-refractivity contribution in [1.29, 1.82) is 0 Å². The van der Waals surface area contributed by atoms with E-state index < -0.39 is 52.9 Å². The molecule has 2 N–H and O–H groups in total. The Morgan fingerprint density at radius 1 is 1.33 bits per heavy atom. The number of carbonyl (C=O) groups excluding carboxylic acids is 2. The first-order valence-electron chi connectivity index (χ1n) is 10.7. The van der Waals surface area contributed by atoms with Crippen LogP contribution >= 0.6 is 0 Å². The Hall–Kier alpha value is -1.48. The van der Waals surface area contributed by atoms with Gasteiger partial charge in [0, 0.05) is 30.6 Å². The molecule has 3 fully saturated rings. The largest absolute Gasteiger partial charge is 0.465 e. The fraction of sp³-hybridized carbons (Fsp3) is 0.818. The van der Waals surface area contributed by atoms with E-state index in [0.717, 1.165) is 5.57 Å². The highest BCUT2D eigenvalue weighted by Gasteiger charge is 2.85. The minimum Gasteiger partial charge on any atom is -0.465 e. The van der Waals surface area contributed by atoms with E-state index >= 15 is 0 Å². The van der Waals surface area contributed by atoms with Crippen LogP contribution in [0.4, 0.5) is 0 Å². The maximum absolute atomic E-state index is 12.4. The average Bonchev–Trinajstić information content (AvgIpc) is 3.43. The first-order valence-corrected chi connectivity index (χ1v) is 10.7. The standard InChI is InChI=1S/C22H32O8/c1-11(2)6-16(24)29-14-8-21(9-27-13(4)23)15(7-12(14)3)30-19-17(25)18(26)20(21,5)22(19)10-28-22/h7,11,14-15,17-19,25-26H,6,8-10H2,1-5H3/t14-,15-,17-,18-,19-,20-,21-,22-/m0/s1. The zero-order valence-electron chi connectivity index (χ0n) is 18.2. The van der Waals surface area contributed by atoms with Crippen LogP contribution in [0.1, 0.15) is 47.5 Å². The van der Waals surface area contributed by atoms with Gasteiger partial charge in [0.05, 0.1) is 18.8 Å². The van der Waals surface area contributed by atoms with E-state index in [4.69, 9.17) is 18.9 Å². The fourth-order valence-electron chi connectivity index (χ4n) is 5.92. The molecule has 0 aromatic carbocycles. The van der Waals surface area contributed by atoms with Gasteiger partial charge in [-0.3, -0.25) is 9.59 Å². The van der Waals surface area contributed by atoms with Crippen LogP contribution in [0.15, 0.2) is 11.6 Å². The first-order chi connectivity index (χ1) is 14.0. The highest BCUT2D eigenvalue weighted by atomic mass is 16.6. The van der Waals surface area contributed by atoms with Gasteiger partial charge in [-0.2, -0.15) is 0 Å². The molecule has 30 heavy (non-hydrogen) atoms. The van der Waals surface area contributed by atoms with Gasteiger partial charge >= 0.3 is 11.9 Å². The van der Waals surface area contributed by atoms with Crippen molar-refractivity contribution in [3.8, 4) is 0 Å².